The minimum atomic E-state index is -0.0761. The third-order valence-electron chi connectivity index (χ3n) is 4.45. The summed E-state index contributed by atoms with van der Waals surface area (Å²) in [4.78, 5) is 28.1. The number of hydrogen-bond acceptors (Lipinski definition) is 5. The van der Waals surface area contributed by atoms with Crippen molar-refractivity contribution in [1.29, 1.82) is 0 Å². The molecule has 7 nitrogen and oxygen atoms in total. The smallest absolute Gasteiger partial charge is 0.317 e. The number of likely N-dealkylation sites (tertiary alicyclic amines) is 1. The van der Waals surface area contributed by atoms with E-state index in [1.54, 1.807) is 4.90 Å². The van der Waals surface area contributed by atoms with Crippen LogP contribution in [0.15, 0.2) is 12.1 Å². The lowest BCUT2D eigenvalue weighted by Crippen LogP contribution is -2.51. The monoisotopic (exact) mass is 367 g/mol. The molecule has 1 aromatic heterocycles. The Balaban J connectivity index is 1.37. The van der Waals surface area contributed by atoms with Crippen LogP contribution >= 0.6 is 11.3 Å². The number of carbonyl (C=O) groups excluding carboxylic acids is 2. The lowest BCUT2D eigenvalue weighted by Gasteiger charge is -2.33. The van der Waals surface area contributed by atoms with Crippen molar-refractivity contribution in [2.75, 3.05) is 39.5 Å². The minimum Gasteiger partial charge on any atom is -0.376 e. The van der Waals surface area contributed by atoms with Crippen LogP contribution in [0.3, 0.4) is 0 Å². The lowest BCUT2D eigenvalue weighted by molar-refractivity contribution is -0.0856. The summed E-state index contributed by atoms with van der Waals surface area (Å²) in [5, 5.41) is 5.97. The van der Waals surface area contributed by atoms with Gasteiger partial charge in [0.1, 0.15) is 0 Å². The number of nitrogens with zero attached hydrogens (tertiary/aromatic N) is 1. The van der Waals surface area contributed by atoms with Gasteiger partial charge >= 0.3 is 6.03 Å². The van der Waals surface area contributed by atoms with E-state index in [0.717, 1.165) is 22.6 Å². The number of rotatable bonds is 4. The largest absolute Gasteiger partial charge is 0.376 e. The van der Waals surface area contributed by atoms with Gasteiger partial charge in [0.2, 0.25) is 0 Å². The predicted octanol–water partition coefficient (Wildman–Crippen LogP) is 1.38. The molecule has 0 aromatic carbocycles. The van der Waals surface area contributed by atoms with E-state index < -0.39 is 0 Å². The van der Waals surface area contributed by atoms with E-state index in [-0.39, 0.29) is 24.1 Å². The SMILES string of the molecule is Cc1ccc(C(=O)NC2CCN(C(=O)NC[C@H]3COCCO3)CC2)s1. The average molecular weight is 367 g/mol. The standard InChI is InChI=1S/C17H25N3O4S/c1-12-2-3-15(25-12)16(21)19-13-4-6-20(7-5-13)17(22)18-10-14-11-23-8-9-24-14/h2-3,13-14H,4-11H2,1H3,(H,18,22)(H,19,21)/t14-/m0/s1. The predicted molar refractivity (Wildman–Crippen MR) is 95.1 cm³/mol. The fourth-order valence-corrected chi connectivity index (χ4v) is 3.78. The Morgan fingerprint density at radius 3 is 2.72 bits per heavy atom. The minimum absolute atomic E-state index is 0.0181. The maximum atomic E-state index is 12.2. The molecule has 2 fully saturated rings. The summed E-state index contributed by atoms with van der Waals surface area (Å²) in [7, 11) is 0. The third-order valence-corrected chi connectivity index (χ3v) is 5.45. The first-order valence-electron chi connectivity index (χ1n) is 8.71. The first-order valence-corrected chi connectivity index (χ1v) is 9.53. The zero-order valence-corrected chi connectivity index (χ0v) is 15.3. The summed E-state index contributed by atoms with van der Waals surface area (Å²) in [6.45, 7) is 5.46. The normalized spacial score (nSPS) is 21.8. The Morgan fingerprint density at radius 1 is 1.28 bits per heavy atom. The molecule has 25 heavy (non-hydrogen) atoms. The molecule has 1 atom stereocenters. The molecule has 2 N–H and O–H groups in total. The van der Waals surface area contributed by atoms with Gasteiger partial charge < -0.3 is 25.0 Å². The third kappa shape index (κ3) is 5.17. The van der Waals surface area contributed by atoms with Gasteiger partial charge in [-0.15, -0.1) is 11.3 Å². The van der Waals surface area contributed by atoms with Crippen molar-refractivity contribution in [1.82, 2.24) is 15.5 Å². The van der Waals surface area contributed by atoms with E-state index in [1.807, 2.05) is 19.1 Å². The number of nitrogens with one attached hydrogen (secondary N) is 2. The van der Waals surface area contributed by atoms with Crippen LogP contribution in [0.25, 0.3) is 0 Å². The van der Waals surface area contributed by atoms with E-state index in [9.17, 15) is 9.59 Å². The molecule has 0 spiro atoms. The lowest BCUT2D eigenvalue weighted by atomic mass is 10.1. The molecule has 0 saturated carbocycles. The Kier molecular flexibility index (Phi) is 6.28. The number of piperidine rings is 1. The van der Waals surface area contributed by atoms with Crippen molar-refractivity contribution < 1.29 is 19.1 Å². The number of amides is 3. The van der Waals surface area contributed by atoms with Gasteiger partial charge in [-0.25, -0.2) is 4.79 Å². The second-order valence-corrected chi connectivity index (χ2v) is 7.69. The second-order valence-electron chi connectivity index (χ2n) is 6.40. The van der Waals surface area contributed by atoms with Gasteiger partial charge in [0.15, 0.2) is 0 Å². The van der Waals surface area contributed by atoms with Crippen LogP contribution in [-0.2, 0) is 9.47 Å². The van der Waals surface area contributed by atoms with E-state index in [2.05, 4.69) is 10.6 Å². The molecule has 1 aromatic rings. The molecule has 8 heteroatoms. The highest BCUT2D eigenvalue weighted by molar-refractivity contribution is 7.13. The molecule has 0 aliphatic carbocycles. The van der Waals surface area contributed by atoms with Gasteiger partial charge in [-0.2, -0.15) is 0 Å². The van der Waals surface area contributed by atoms with Crippen LogP contribution in [0.2, 0.25) is 0 Å². The van der Waals surface area contributed by atoms with Crippen LogP contribution in [-0.4, -0.2) is 68.4 Å². The highest BCUT2D eigenvalue weighted by atomic mass is 32.1. The van der Waals surface area contributed by atoms with E-state index >= 15 is 0 Å². The van der Waals surface area contributed by atoms with Crippen molar-refractivity contribution in [3.63, 3.8) is 0 Å². The maximum Gasteiger partial charge on any atom is 0.317 e. The molecule has 3 amide bonds. The number of carbonyl (C=O) groups is 2. The van der Waals surface area contributed by atoms with Gasteiger partial charge in [0, 0.05) is 30.6 Å². The van der Waals surface area contributed by atoms with Crippen LogP contribution in [0.4, 0.5) is 4.79 Å². The maximum absolute atomic E-state index is 12.2. The van der Waals surface area contributed by atoms with Crippen LogP contribution in [0.1, 0.15) is 27.4 Å². The molecule has 138 valence electrons. The van der Waals surface area contributed by atoms with Crippen LogP contribution < -0.4 is 10.6 Å². The number of thiophene rings is 1. The molecule has 3 rings (SSSR count). The van der Waals surface area contributed by atoms with Gasteiger partial charge in [-0.1, -0.05) is 0 Å². The number of ether oxygens (including phenoxy) is 2. The Morgan fingerprint density at radius 2 is 2.08 bits per heavy atom. The number of urea groups is 1. The molecule has 2 aliphatic rings. The van der Waals surface area contributed by atoms with E-state index in [4.69, 9.17) is 9.47 Å². The highest BCUT2D eigenvalue weighted by Gasteiger charge is 2.25. The van der Waals surface area contributed by atoms with Crippen molar-refractivity contribution in [3.05, 3.63) is 21.9 Å². The molecule has 3 heterocycles. The summed E-state index contributed by atoms with van der Waals surface area (Å²) < 4.78 is 10.8. The summed E-state index contributed by atoms with van der Waals surface area (Å²) in [5.41, 5.74) is 0. The molecule has 2 saturated heterocycles. The van der Waals surface area contributed by atoms with Gasteiger partial charge in [-0.05, 0) is 31.9 Å². The average Bonchev–Trinajstić information content (AvgIpc) is 3.08. The molecular weight excluding hydrogens is 342 g/mol. The van der Waals surface area contributed by atoms with Crippen molar-refractivity contribution >= 4 is 23.3 Å². The van der Waals surface area contributed by atoms with Crippen molar-refractivity contribution in [3.8, 4) is 0 Å². The van der Waals surface area contributed by atoms with E-state index in [1.165, 1.54) is 11.3 Å². The summed E-state index contributed by atoms with van der Waals surface area (Å²) in [6.07, 6.45) is 1.47. The Labute approximate surface area is 151 Å². The Hall–Kier alpha value is -1.64. The zero-order chi connectivity index (χ0) is 17.6. The van der Waals surface area contributed by atoms with Gasteiger partial charge in [-0.3, -0.25) is 4.79 Å². The highest BCUT2D eigenvalue weighted by Crippen LogP contribution is 2.16. The van der Waals surface area contributed by atoms with Crippen molar-refractivity contribution in [2.45, 2.75) is 31.9 Å². The second kappa shape index (κ2) is 8.64. The molecule has 0 bridgehead atoms. The molecule has 2 aliphatic heterocycles. The topological polar surface area (TPSA) is 79.9 Å². The summed E-state index contributed by atoms with van der Waals surface area (Å²) in [6, 6.07) is 3.85. The van der Waals surface area contributed by atoms with E-state index in [0.29, 0.717) is 39.5 Å². The molecular formula is C17H25N3O4S. The first kappa shape index (κ1) is 18.2. The summed E-state index contributed by atoms with van der Waals surface area (Å²) >= 11 is 1.50. The summed E-state index contributed by atoms with van der Waals surface area (Å²) in [5.74, 6) is -0.0181. The zero-order valence-electron chi connectivity index (χ0n) is 14.5. The number of hydrogen-bond donors (Lipinski definition) is 2. The van der Waals surface area contributed by atoms with Gasteiger partial charge in [0.25, 0.3) is 5.91 Å². The molecule has 0 radical (unpaired) electrons. The Bertz CT molecular complexity index is 592. The van der Waals surface area contributed by atoms with Gasteiger partial charge in [0.05, 0.1) is 30.8 Å². The van der Waals surface area contributed by atoms with Crippen LogP contribution in [0.5, 0.6) is 0 Å². The van der Waals surface area contributed by atoms with Crippen LogP contribution in [0, 0.1) is 6.92 Å². The number of aryl methyl sites for hydroxylation is 1. The first-order chi connectivity index (χ1) is 12.1. The quantitative estimate of drug-likeness (QED) is 0.843. The van der Waals surface area contributed by atoms with Crippen molar-refractivity contribution in [2.24, 2.45) is 0 Å². The fraction of sp³-hybridized carbons (Fsp3) is 0.647. The fourth-order valence-electron chi connectivity index (χ4n) is 3.01. The molecule has 0 unspecified atom stereocenters.